The summed E-state index contributed by atoms with van der Waals surface area (Å²) in [4.78, 5) is 22.0. The van der Waals surface area contributed by atoms with Crippen molar-refractivity contribution in [2.45, 2.75) is 52.4 Å². The van der Waals surface area contributed by atoms with Gasteiger partial charge in [-0.05, 0) is 25.7 Å². The first-order valence-electron chi connectivity index (χ1n) is 7.36. The zero-order valence-corrected chi connectivity index (χ0v) is 13.0. The van der Waals surface area contributed by atoms with E-state index >= 15 is 0 Å². The van der Waals surface area contributed by atoms with Crippen molar-refractivity contribution in [3.63, 3.8) is 0 Å². The van der Waals surface area contributed by atoms with Gasteiger partial charge < -0.3 is 14.9 Å². The van der Waals surface area contributed by atoms with Gasteiger partial charge in [-0.3, -0.25) is 0 Å². The van der Waals surface area contributed by atoms with Crippen LogP contribution in [0.5, 0.6) is 0 Å². The minimum atomic E-state index is -1.13. The topological polar surface area (TPSA) is 83.8 Å². The SMILES string of the molecule is C=C(COCC(C(=O)O)=C(CCCC)CCCC)C(=O)O. The van der Waals surface area contributed by atoms with Gasteiger partial charge in [0.2, 0.25) is 0 Å². The van der Waals surface area contributed by atoms with Crippen molar-refractivity contribution in [3.05, 3.63) is 23.3 Å². The van der Waals surface area contributed by atoms with Gasteiger partial charge in [-0.1, -0.05) is 38.8 Å². The second-order valence-electron chi connectivity index (χ2n) is 5.00. The van der Waals surface area contributed by atoms with Crippen LogP contribution < -0.4 is 0 Å². The molecule has 0 fully saturated rings. The minimum Gasteiger partial charge on any atom is -0.478 e. The molecule has 0 unspecified atom stereocenters. The van der Waals surface area contributed by atoms with Crippen molar-refractivity contribution in [2.75, 3.05) is 13.2 Å². The Hall–Kier alpha value is -1.62. The zero-order chi connectivity index (χ0) is 16.3. The lowest BCUT2D eigenvalue weighted by Gasteiger charge is -2.13. The normalized spacial score (nSPS) is 10.2. The molecule has 0 aliphatic rings. The molecule has 0 aromatic carbocycles. The first-order valence-corrected chi connectivity index (χ1v) is 7.36. The maximum Gasteiger partial charge on any atom is 0.333 e. The van der Waals surface area contributed by atoms with Gasteiger partial charge in [0.05, 0.1) is 24.4 Å². The largest absolute Gasteiger partial charge is 0.478 e. The molecule has 0 bridgehead atoms. The van der Waals surface area contributed by atoms with E-state index in [4.69, 9.17) is 9.84 Å². The molecule has 0 saturated carbocycles. The fraction of sp³-hybridized carbons (Fsp3) is 0.625. The van der Waals surface area contributed by atoms with E-state index < -0.39 is 11.9 Å². The summed E-state index contributed by atoms with van der Waals surface area (Å²) in [6.07, 6.45) is 5.39. The summed E-state index contributed by atoms with van der Waals surface area (Å²) < 4.78 is 5.20. The molecule has 0 aliphatic carbocycles. The number of carbonyl (C=O) groups is 2. The molecule has 0 radical (unpaired) electrons. The molecule has 0 heterocycles. The van der Waals surface area contributed by atoms with Crippen molar-refractivity contribution in [1.82, 2.24) is 0 Å². The van der Waals surface area contributed by atoms with Crippen molar-refractivity contribution in [2.24, 2.45) is 0 Å². The highest BCUT2D eigenvalue weighted by Crippen LogP contribution is 2.20. The molecule has 5 heteroatoms. The summed E-state index contributed by atoms with van der Waals surface area (Å²) in [6, 6.07) is 0. The Labute approximate surface area is 126 Å². The molecule has 0 aromatic rings. The molecule has 0 spiro atoms. The molecule has 21 heavy (non-hydrogen) atoms. The highest BCUT2D eigenvalue weighted by atomic mass is 16.5. The van der Waals surface area contributed by atoms with E-state index in [1.54, 1.807) is 0 Å². The number of allylic oxidation sites excluding steroid dienone is 1. The number of aliphatic carboxylic acids is 2. The summed E-state index contributed by atoms with van der Waals surface area (Å²) in [5, 5.41) is 18.0. The molecule has 0 rings (SSSR count). The first-order chi connectivity index (χ1) is 9.93. The number of carboxylic acid groups (broad SMARTS) is 2. The van der Waals surface area contributed by atoms with E-state index in [1.165, 1.54) is 0 Å². The van der Waals surface area contributed by atoms with Crippen LogP contribution >= 0.6 is 0 Å². The van der Waals surface area contributed by atoms with Crippen LogP contribution in [0.1, 0.15) is 52.4 Å². The van der Waals surface area contributed by atoms with Crippen molar-refractivity contribution >= 4 is 11.9 Å². The quantitative estimate of drug-likeness (QED) is 0.539. The van der Waals surface area contributed by atoms with Crippen molar-refractivity contribution in [3.8, 4) is 0 Å². The summed E-state index contributed by atoms with van der Waals surface area (Å²) >= 11 is 0. The van der Waals surface area contributed by atoms with Crippen LogP contribution in [0.4, 0.5) is 0 Å². The first kappa shape index (κ1) is 19.4. The van der Waals surface area contributed by atoms with Crippen LogP contribution in [0, 0.1) is 0 Å². The summed E-state index contributed by atoms with van der Waals surface area (Å²) in [5.41, 5.74) is 1.09. The van der Waals surface area contributed by atoms with Gasteiger partial charge in [-0.15, -0.1) is 0 Å². The second kappa shape index (κ2) is 11.1. The van der Waals surface area contributed by atoms with E-state index in [0.29, 0.717) is 0 Å². The molecule has 0 atom stereocenters. The molecule has 0 aromatic heterocycles. The third-order valence-electron chi connectivity index (χ3n) is 3.17. The Morgan fingerprint density at radius 3 is 1.86 bits per heavy atom. The Morgan fingerprint density at radius 2 is 1.48 bits per heavy atom. The van der Waals surface area contributed by atoms with Crippen LogP contribution in [0.3, 0.4) is 0 Å². The standard InChI is InChI=1S/C16H26O5/c1-4-6-8-13(9-7-5-2)14(16(19)20)11-21-10-12(3)15(17)18/h3-11H2,1-2H3,(H,17,18)(H,19,20). The monoisotopic (exact) mass is 298 g/mol. The van der Waals surface area contributed by atoms with Gasteiger partial charge in [-0.2, -0.15) is 0 Å². The van der Waals surface area contributed by atoms with E-state index in [9.17, 15) is 14.7 Å². The third-order valence-corrected chi connectivity index (χ3v) is 3.17. The predicted octanol–water partition coefficient (Wildman–Crippen LogP) is 3.41. The Kier molecular flexibility index (Phi) is 10.2. The van der Waals surface area contributed by atoms with Gasteiger partial charge in [-0.25, -0.2) is 9.59 Å². The van der Waals surface area contributed by atoms with Crippen LogP contribution in [0.25, 0.3) is 0 Å². The van der Waals surface area contributed by atoms with Crippen molar-refractivity contribution < 1.29 is 24.5 Å². The third kappa shape index (κ3) is 8.30. The molecule has 120 valence electrons. The summed E-state index contributed by atoms with van der Waals surface area (Å²) in [6.45, 7) is 7.23. The summed E-state index contributed by atoms with van der Waals surface area (Å²) in [5.74, 6) is -2.12. The highest BCUT2D eigenvalue weighted by Gasteiger charge is 2.15. The molecule has 2 N–H and O–H groups in total. The van der Waals surface area contributed by atoms with Crippen molar-refractivity contribution in [1.29, 1.82) is 0 Å². The Balaban J connectivity index is 4.82. The average molecular weight is 298 g/mol. The summed E-state index contributed by atoms with van der Waals surface area (Å²) in [7, 11) is 0. The Bertz CT molecular complexity index is 385. The molecule has 0 aliphatic heterocycles. The van der Waals surface area contributed by atoms with Gasteiger partial charge in [0, 0.05) is 0 Å². The van der Waals surface area contributed by atoms with E-state index in [0.717, 1.165) is 44.1 Å². The van der Waals surface area contributed by atoms with Crippen LogP contribution in [0.15, 0.2) is 23.3 Å². The fourth-order valence-corrected chi connectivity index (χ4v) is 1.86. The molecule has 0 amide bonds. The predicted molar refractivity (Wildman–Crippen MR) is 81.3 cm³/mol. The zero-order valence-electron chi connectivity index (χ0n) is 13.0. The fourth-order valence-electron chi connectivity index (χ4n) is 1.86. The Morgan fingerprint density at radius 1 is 0.952 bits per heavy atom. The maximum atomic E-state index is 11.4. The smallest absolute Gasteiger partial charge is 0.333 e. The highest BCUT2D eigenvalue weighted by molar-refractivity contribution is 5.88. The van der Waals surface area contributed by atoms with Crippen LogP contribution in [-0.2, 0) is 14.3 Å². The lowest BCUT2D eigenvalue weighted by Crippen LogP contribution is -2.14. The van der Waals surface area contributed by atoms with Gasteiger partial charge in [0.15, 0.2) is 0 Å². The van der Waals surface area contributed by atoms with E-state index in [2.05, 4.69) is 20.4 Å². The molecule has 5 nitrogen and oxygen atoms in total. The van der Waals surface area contributed by atoms with Crippen LogP contribution in [-0.4, -0.2) is 35.4 Å². The number of unbranched alkanes of at least 4 members (excludes halogenated alkanes) is 2. The number of hydrogen-bond donors (Lipinski definition) is 2. The average Bonchev–Trinajstić information content (AvgIpc) is 2.44. The van der Waals surface area contributed by atoms with Gasteiger partial charge in [0.1, 0.15) is 0 Å². The molecule has 0 saturated heterocycles. The number of hydrogen-bond acceptors (Lipinski definition) is 3. The maximum absolute atomic E-state index is 11.4. The molecular weight excluding hydrogens is 272 g/mol. The second-order valence-corrected chi connectivity index (χ2v) is 5.00. The number of rotatable bonds is 12. The minimum absolute atomic E-state index is 0.0790. The van der Waals surface area contributed by atoms with E-state index in [1.807, 2.05) is 0 Å². The number of carboxylic acids is 2. The molecular formula is C16H26O5. The lowest BCUT2D eigenvalue weighted by molar-refractivity contribution is -0.133. The van der Waals surface area contributed by atoms with E-state index in [-0.39, 0.29) is 24.4 Å². The lowest BCUT2D eigenvalue weighted by atomic mass is 9.97. The van der Waals surface area contributed by atoms with Gasteiger partial charge >= 0.3 is 11.9 Å². The van der Waals surface area contributed by atoms with Gasteiger partial charge in [0.25, 0.3) is 0 Å². The number of ether oxygens (including phenoxy) is 1. The van der Waals surface area contributed by atoms with Crippen LogP contribution in [0.2, 0.25) is 0 Å².